The molecule has 4 rings (SSSR count). The first-order valence-corrected chi connectivity index (χ1v) is 9.44. The van der Waals surface area contributed by atoms with Crippen LogP contribution in [0.25, 0.3) is 0 Å². The zero-order valence-electron chi connectivity index (χ0n) is 15.1. The van der Waals surface area contributed by atoms with Crippen molar-refractivity contribution >= 4 is 23.2 Å². The fourth-order valence-corrected chi connectivity index (χ4v) is 4.01. The van der Waals surface area contributed by atoms with Crippen molar-refractivity contribution in [1.29, 1.82) is 0 Å². The van der Waals surface area contributed by atoms with Crippen LogP contribution in [-0.2, 0) is 11.2 Å². The van der Waals surface area contributed by atoms with Gasteiger partial charge in [0.15, 0.2) is 0 Å². The number of nitrogens with one attached hydrogen (secondary N) is 1. The molecular weight excluding hydrogens is 324 g/mol. The molecule has 2 aromatic rings. The van der Waals surface area contributed by atoms with Gasteiger partial charge in [-0.25, -0.2) is 0 Å². The molecule has 4 nitrogen and oxygen atoms in total. The van der Waals surface area contributed by atoms with Crippen molar-refractivity contribution in [1.82, 2.24) is 0 Å². The van der Waals surface area contributed by atoms with E-state index in [1.54, 1.807) is 0 Å². The van der Waals surface area contributed by atoms with Crippen molar-refractivity contribution < 1.29 is 9.59 Å². The summed E-state index contributed by atoms with van der Waals surface area (Å²) < 4.78 is 0. The molecule has 0 radical (unpaired) electrons. The van der Waals surface area contributed by atoms with Gasteiger partial charge in [-0.2, -0.15) is 0 Å². The molecule has 0 spiro atoms. The predicted molar refractivity (Wildman–Crippen MR) is 104 cm³/mol. The maximum Gasteiger partial charge on any atom is 0.255 e. The number of nitrogens with zero attached hydrogens (tertiary/aromatic N) is 1. The number of carbonyl (C=O) groups excluding carboxylic acids is 2. The zero-order chi connectivity index (χ0) is 18.1. The Kier molecular flexibility index (Phi) is 4.49. The second kappa shape index (κ2) is 6.94. The number of benzene rings is 2. The molecule has 0 aromatic heterocycles. The van der Waals surface area contributed by atoms with Crippen molar-refractivity contribution in [3.8, 4) is 0 Å². The van der Waals surface area contributed by atoms with Crippen LogP contribution in [0.1, 0.15) is 47.2 Å². The van der Waals surface area contributed by atoms with Crippen LogP contribution in [0, 0.1) is 12.8 Å². The molecule has 0 unspecified atom stereocenters. The maximum atomic E-state index is 12.7. The van der Waals surface area contributed by atoms with Crippen LogP contribution in [0.2, 0.25) is 0 Å². The monoisotopic (exact) mass is 348 g/mol. The van der Waals surface area contributed by atoms with E-state index in [9.17, 15) is 9.59 Å². The molecule has 1 N–H and O–H groups in total. The molecule has 4 heteroatoms. The molecule has 2 aromatic carbocycles. The lowest BCUT2D eigenvalue weighted by Gasteiger charge is -2.21. The van der Waals surface area contributed by atoms with E-state index in [1.807, 2.05) is 54.3 Å². The molecule has 0 atom stereocenters. The second-order valence-electron chi connectivity index (χ2n) is 7.38. The molecular formula is C22H24N2O2. The van der Waals surface area contributed by atoms with E-state index < -0.39 is 0 Å². The molecule has 1 aliphatic heterocycles. The SMILES string of the molecule is Cc1ccc(C(=O)Nc2ccc3c(c2)CCN3C(=O)C2CCCC2)cc1. The number of hydrogen-bond donors (Lipinski definition) is 1. The third-order valence-electron chi connectivity index (χ3n) is 5.52. The summed E-state index contributed by atoms with van der Waals surface area (Å²) in [5.41, 5.74) is 4.71. The topological polar surface area (TPSA) is 49.4 Å². The second-order valence-corrected chi connectivity index (χ2v) is 7.38. The highest BCUT2D eigenvalue weighted by Gasteiger charge is 2.31. The molecule has 2 amide bonds. The van der Waals surface area contributed by atoms with Crippen molar-refractivity contribution in [2.24, 2.45) is 5.92 Å². The number of amides is 2. The molecule has 1 fully saturated rings. The van der Waals surface area contributed by atoms with Crippen LogP contribution < -0.4 is 10.2 Å². The van der Waals surface area contributed by atoms with E-state index in [0.717, 1.165) is 48.3 Å². The fourth-order valence-electron chi connectivity index (χ4n) is 4.01. The van der Waals surface area contributed by atoms with E-state index in [1.165, 1.54) is 12.8 Å². The molecule has 26 heavy (non-hydrogen) atoms. The number of aryl methyl sites for hydroxylation is 1. The first-order chi connectivity index (χ1) is 12.6. The van der Waals surface area contributed by atoms with Gasteiger partial charge in [0.25, 0.3) is 5.91 Å². The summed E-state index contributed by atoms with van der Waals surface area (Å²) in [5.74, 6) is 0.362. The van der Waals surface area contributed by atoms with Gasteiger partial charge >= 0.3 is 0 Å². The molecule has 134 valence electrons. The highest BCUT2D eigenvalue weighted by molar-refractivity contribution is 6.04. The highest BCUT2D eigenvalue weighted by atomic mass is 16.2. The number of anilines is 2. The fraction of sp³-hybridized carbons (Fsp3) is 0.364. The Bertz CT molecular complexity index is 836. The van der Waals surface area contributed by atoms with Crippen molar-refractivity contribution in [3.05, 3.63) is 59.2 Å². The number of rotatable bonds is 3. The average Bonchev–Trinajstić information content (AvgIpc) is 3.31. The summed E-state index contributed by atoms with van der Waals surface area (Å²) >= 11 is 0. The van der Waals surface area contributed by atoms with Gasteiger partial charge in [-0.05, 0) is 62.1 Å². The molecule has 1 saturated carbocycles. The summed E-state index contributed by atoms with van der Waals surface area (Å²) in [4.78, 5) is 27.1. The van der Waals surface area contributed by atoms with Crippen molar-refractivity contribution in [3.63, 3.8) is 0 Å². The smallest absolute Gasteiger partial charge is 0.255 e. The Hall–Kier alpha value is -2.62. The van der Waals surface area contributed by atoms with E-state index in [2.05, 4.69) is 5.32 Å². The lowest BCUT2D eigenvalue weighted by molar-refractivity contribution is -0.122. The summed E-state index contributed by atoms with van der Waals surface area (Å²) in [6, 6.07) is 13.4. The highest BCUT2D eigenvalue weighted by Crippen LogP contribution is 2.34. The largest absolute Gasteiger partial charge is 0.322 e. The molecule has 2 aliphatic rings. The van der Waals surface area contributed by atoms with E-state index in [4.69, 9.17) is 0 Å². The van der Waals surface area contributed by atoms with Crippen molar-refractivity contribution in [2.45, 2.75) is 39.0 Å². The van der Waals surface area contributed by atoms with Crippen LogP contribution >= 0.6 is 0 Å². The van der Waals surface area contributed by atoms with Crippen LogP contribution in [0.5, 0.6) is 0 Å². The van der Waals surface area contributed by atoms with Gasteiger partial charge in [0.1, 0.15) is 0 Å². The van der Waals surface area contributed by atoms with Gasteiger partial charge in [-0.1, -0.05) is 30.5 Å². The quantitative estimate of drug-likeness (QED) is 0.898. The van der Waals surface area contributed by atoms with Gasteiger partial charge in [0, 0.05) is 29.4 Å². The number of hydrogen-bond acceptors (Lipinski definition) is 2. The Labute approximate surface area is 154 Å². The summed E-state index contributed by atoms with van der Waals surface area (Å²) in [7, 11) is 0. The Morgan fingerprint density at radius 1 is 1.04 bits per heavy atom. The summed E-state index contributed by atoms with van der Waals surface area (Å²) in [5, 5.41) is 2.96. The van der Waals surface area contributed by atoms with E-state index in [-0.39, 0.29) is 17.7 Å². The summed E-state index contributed by atoms with van der Waals surface area (Å²) in [6.07, 6.45) is 5.23. The average molecular weight is 348 g/mol. The van der Waals surface area contributed by atoms with Crippen LogP contribution in [0.3, 0.4) is 0 Å². The number of carbonyl (C=O) groups is 2. The number of fused-ring (bicyclic) bond motifs is 1. The van der Waals surface area contributed by atoms with E-state index in [0.29, 0.717) is 5.56 Å². The van der Waals surface area contributed by atoms with Crippen LogP contribution in [0.15, 0.2) is 42.5 Å². The third kappa shape index (κ3) is 3.24. The first kappa shape index (κ1) is 16.8. The maximum absolute atomic E-state index is 12.7. The molecule has 1 heterocycles. The Morgan fingerprint density at radius 3 is 2.50 bits per heavy atom. The summed E-state index contributed by atoms with van der Waals surface area (Å²) in [6.45, 7) is 2.75. The molecule has 0 bridgehead atoms. The molecule has 0 saturated heterocycles. The Morgan fingerprint density at radius 2 is 1.77 bits per heavy atom. The standard InChI is InChI=1S/C22H24N2O2/c1-15-6-8-16(9-7-15)21(25)23-19-10-11-20-18(14-19)12-13-24(20)22(26)17-4-2-3-5-17/h6-11,14,17H,2-5,12-13H2,1H3,(H,23,25). The zero-order valence-corrected chi connectivity index (χ0v) is 15.1. The normalized spacial score (nSPS) is 16.6. The van der Waals surface area contributed by atoms with Crippen LogP contribution in [0.4, 0.5) is 11.4 Å². The van der Waals surface area contributed by atoms with Gasteiger partial charge in [0.2, 0.25) is 5.91 Å². The molecule has 1 aliphatic carbocycles. The van der Waals surface area contributed by atoms with Crippen molar-refractivity contribution in [2.75, 3.05) is 16.8 Å². The van der Waals surface area contributed by atoms with Gasteiger partial charge in [0.05, 0.1) is 0 Å². The van der Waals surface area contributed by atoms with Crippen LogP contribution in [-0.4, -0.2) is 18.4 Å². The van der Waals surface area contributed by atoms with Gasteiger partial charge in [-0.3, -0.25) is 9.59 Å². The first-order valence-electron chi connectivity index (χ1n) is 9.44. The minimum atomic E-state index is -0.109. The van der Waals surface area contributed by atoms with Gasteiger partial charge < -0.3 is 10.2 Å². The predicted octanol–water partition coefficient (Wildman–Crippen LogP) is 4.33. The lowest BCUT2D eigenvalue weighted by atomic mass is 10.1. The minimum absolute atomic E-state index is 0.109. The lowest BCUT2D eigenvalue weighted by Crippen LogP contribution is -2.33. The minimum Gasteiger partial charge on any atom is -0.322 e. The third-order valence-corrected chi connectivity index (χ3v) is 5.52. The van der Waals surface area contributed by atoms with Gasteiger partial charge in [-0.15, -0.1) is 0 Å². The Balaban J connectivity index is 1.48. The van der Waals surface area contributed by atoms with E-state index >= 15 is 0 Å².